The molecule has 5 heteroatoms. The minimum Gasteiger partial charge on any atom is -0.399 e. The molecule has 1 aromatic carbocycles. The Morgan fingerprint density at radius 2 is 2.00 bits per heavy atom. The van der Waals surface area contributed by atoms with Gasteiger partial charge in [0.1, 0.15) is 5.88 Å². The van der Waals surface area contributed by atoms with Gasteiger partial charge < -0.3 is 11.5 Å². The zero-order valence-electron chi connectivity index (χ0n) is 6.40. The van der Waals surface area contributed by atoms with Crippen molar-refractivity contribution < 1.29 is 8.42 Å². The summed E-state index contributed by atoms with van der Waals surface area (Å²) in [6.07, 6.45) is 0. The van der Waals surface area contributed by atoms with Crippen LogP contribution in [0.25, 0.3) is 0 Å². The maximum atomic E-state index is 11.2. The van der Waals surface area contributed by atoms with E-state index in [9.17, 15) is 8.42 Å². The van der Waals surface area contributed by atoms with E-state index in [0.29, 0.717) is 5.69 Å². The predicted octanol–water partition coefficient (Wildman–Crippen LogP) is -0.0413. The lowest BCUT2D eigenvalue weighted by atomic mass is 10.3. The topological polar surface area (TPSA) is 86.2 Å². The van der Waals surface area contributed by atoms with Crippen LogP contribution in [0, 0.1) is 0 Å². The first-order valence-electron chi connectivity index (χ1n) is 3.34. The maximum Gasteiger partial charge on any atom is 0.191 e. The molecule has 0 saturated carbocycles. The van der Waals surface area contributed by atoms with E-state index in [1.165, 1.54) is 12.1 Å². The highest BCUT2D eigenvalue weighted by molar-refractivity contribution is 7.91. The molecule has 0 spiro atoms. The van der Waals surface area contributed by atoms with Gasteiger partial charge in [-0.25, -0.2) is 8.42 Å². The van der Waals surface area contributed by atoms with E-state index in [0.717, 1.165) is 0 Å². The molecule has 1 aromatic rings. The molecular weight excluding hydrogens is 176 g/mol. The molecule has 0 aliphatic heterocycles. The molecule has 4 nitrogen and oxygen atoms in total. The number of rotatable bonds is 2. The van der Waals surface area contributed by atoms with Crippen LogP contribution in [0.3, 0.4) is 0 Å². The van der Waals surface area contributed by atoms with Crippen molar-refractivity contribution in [1.82, 2.24) is 0 Å². The van der Waals surface area contributed by atoms with Crippen LogP contribution in [-0.2, 0) is 9.84 Å². The molecule has 0 amide bonds. The summed E-state index contributed by atoms with van der Waals surface area (Å²) in [7, 11) is -3.32. The highest BCUT2D eigenvalue weighted by atomic mass is 32.2. The molecule has 12 heavy (non-hydrogen) atoms. The second-order valence-corrected chi connectivity index (χ2v) is 4.39. The maximum absolute atomic E-state index is 11.2. The van der Waals surface area contributed by atoms with Gasteiger partial charge in [-0.3, -0.25) is 0 Å². The first-order valence-corrected chi connectivity index (χ1v) is 5.00. The van der Waals surface area contributed by atoms with E-state index in [-0.39, 0.29) is 4.90 Å². The van der Waals surface area contributed by atoms with Crippen molar-refractivity contribution >= 4 is 15.5 Å². The molecule has 66 valence electrons. The lowest BCUT2D eigenvalue weighted by Crippen LogP contribution is -2.14. The molecule has 0 saturated heterocycles. The van der Waals surface area contributed by atoms with Gasteiger partial charge in [-0.05, 0) is 18.2 Å². The van der Waals surface area contributed by atoms with Gasteiger partial charge in [-0.15, -0.1) is 0 Å². The Bertz CT molecular complexity index is 373. The van der Waals surface area contributed by atoms with Crippen LogP contribution in [0.4, 0.5) is 5.69 Å². The molecule has 1 rings (SSSR count). The highest BCUT2D eigenvalue weighted by Gasteiger charge is 2.10. The molecule has 0 fully saturated rings. The van der Waals surface area contributed by atoms with Crippen molar-refractivity contribution in [2.45, 2.75) is 4.90 Å². The Hall–Kier alpha value is -1.07. The first kappa shape index (κ1) is 9.02. The summed E-state index contributed by atoms with van der Waals surface area (Å²) in [5, 5.41) is 0. The molecule has 0 bridgehead atoms. The lowest BCUT2D eigenvalue weighted by molar-refractivity contribution is 0.596. The Balaban J connectivity index is 3.21. The van der Waals surface area contributed by atoms with E-state index in [1.54, 1.807) is 12.1 Å². The van der Waals surface area contributed by atoms with E-state index in [2.05, 4.69) is 0 Å². The summed E-state index contributed by atoms with van der Waals surface area (Å²) in [6.45, 7) is 0. The van der Waals surface area contributed by atoms with Gasteiger partial charge >= 0.3 is 0 Å². The summed E-state index contributed by atoms with van der Waals surface area (Å²) in [6, 6.07) is 6.06. The van der Waals surface area contributed by atoms with Crippen molar-refractivity contribution in [1.29, 1.82) is 0 Å². The average Bonchev–Trinajstić information content (AvgIpc) is 2.05. The zero-order chi connectivity index (χ0) is 9.19. The van der Waals surface area contributed by atoms with E-state index in [4.69, 9.17) is 11.5 Å². The van der Waals surface area contributed by atoms with Crippen molar-refractivity contribution in [3.05, 3.63) is 24.3 Å². The van der Waals surface area contributed by atoms with Crippen LogP contribution in [0.15, 0.2) is 29.2 Å². The second kappa shape index (κ2) is 3.12. The van der Waals surface area contributed by atoms with E-state index >= 15 is 0 Å². The Labute approximate surface area is 71.1 Å². The van der Waals surface area contributed by atoms with Gasteiger partial charge in [0, 0.05) is 5.69 Å². The van der Waals surface area contributed by atoms with Crippen molar-refractivity contribution in [2.24, 2.45) is 5.73 Å². The quantitative estimate of drug-likeness (QED) is 0.634. The van der Waals surface area contributed by atoms with Crippen LogP contribution in [-0.4, -0.2) is 14.3 Å². The summed E-state index contributed by atoms with van der Waals surface area (Å²) >= 11 is 0. The molecule has 4 N–H and O–H groups in total. The highest BCUT2D eigenvalue weighted by Crippen LogP contribution is 2.12. The van der Waals surface area contributed by atoms with Gasteiger partial charge in [0.2, 0.25) is 0 Å². The van der Waals surface area contributed by atoms with E-state index in [1.807, 2.05) is 0 Å². The lowest BCUT2D eigenvalue weighted by Gasteiger charge is -2.00. The third-order valence-electron chi connectivity index (χ3n) is 1.44. The first-order chi connectivity index (χ1) is 5.56. The minimum atomic E-state index is -3.32. The van der Waals surface area contributed by atoms with Crippen molar-refractivity contribution in [3.63, 3.8) is 0 Å². The summed E-state index contributed by atoms with van der Waals surface area (Å²) < 4.78 is 22.3. The van der Waals surface area contributed by atoms with Crippen LogP contribution in [0.2, 0.25) is 0 Å². The minimum absolute atomic E-state index is 0.171. The van der Waals surface area contributed by atoms with Crippen molar-refractivity contribution in [2.75, 3.05) is 11.6 Å². The number of anilines is 1. The second-order valence-electron chi connectivity index (χ2n) is 2.35. The van der Waals surface area contributed by atoms with Gasteiger partial charge in [0.25, 0.3) is 0 Å². The third-order valence-corrected chi connectivity index (χ3v) is 2.85. The molecule has 0 unspecified atom stereocenters. The summed E-state index contributed by atoms with van der Waals surface area (Å²) in [5.74, 6) is -0.392. The van der Waals surface area contributed by atoms with Gasteiger partial charge in [0.05, 0.1) is 4.90 Å². The fourth-order valence-corrected chi connectivity index (χ4v) is 1.60. The fraction of sp³-hybridized carbons (Fsp3) is 0.143. The van der Waals surface area contributed by atoms with Crippen LogP contribution >= 0.6 is 0 Å². The predicted molar refractivity (Wildman–Crippen MR) is 47.1 cm³/mol. The monoisotopic (exact) mass is 186 g/mol. The molecule has 0 aliphatic rings. The van der Waals surface area contributed by atoms with Gasteiger partial charge in [-0.2, -0.15) is 0 Å². The molecule has 0 heterocycles. The van der Waals surface area contributed by atoms with Gasteiger partial charge in [-0.1, -0.05) is 6.07 Å². The SMILES string of the molecule is NCS(=O)(=O)c1cccc(N)c1. The Morgan fingerprint density at radius 3 is 2.50 bits per heavy atom. The van der Waals surface area contributed by atoms with Crippen molar-refractivity contribution in [3.8, 4) is 0 Å². The number of nitrogen functional groups attached to an aromatic ring is 1. The van der Waals surface area contributed by atoms with E-state index < -0.39 is 15.7 Å². The third kappa shape index (κ3) is 1.75. The standard InChI is InChI=1S/C7H10N2O2S/c8-5-12(10,11)7-3-1-2-6(9)4-7/h1-4H,5,8-9H2. The summed E-state index contributed by atoms with van der Waals surface area (Å²) in [5.41, 5.74) is 10.9. The van der Waals surface area contributed by atoms with Gasteiger partial charge in [0.15, 0.2) is 9.84 Å². The molecule has 0 aromatic heterocycles. The molecule has 0 aliphatic carbocycles. The fourth-order valence-electron chi connectivity index (χ4n) is 0.804. The van der Waals surface area contributed by atoms with Crippen LogP contribution in [0.5, 0.6) is 0 Å². The smallest absolute Gasteiger partial charge is 0.191 e. The molecule has 0 atom stereocenters. The number of sulfone groups is 1. The number of nitrogens with two attached hydrogens (primary N) is 2. The number of benzene rings is 1. The normalized spacial score (nSPS) is 11.4. The Kier molecular flexibility index (Phi) is 2.35. The Morgan fingerprint density at radius 1 is 1.33 bits per heavy atom. The number of hydrogen-bond donors (Lipinski definition) is 2. The number of hydrogen-bond acceptors (Lipinski definition) is 4. The zero-order valence-corrected chi connectivity index (χ0v) is 7.21. The summed E-state index contributed by atoms with van der Waals surface area (Å²) in [4.78, 5) is 0.171. The molecular formula is C7H10N2O2S. The van der Waals surface area contributed by atoms with Crippen LogP contribution in [0.1, 0.15) is 0 Å². The average molecular weight is 186 g/mol. The molecule has 0 radical (unpaired) electrons. The van der Waals surface area contributed by atoms with Crippen LogP contribution < -0.4 is 11.5 Å². The largest absolute Gasteiger partial charge is 0.399 e.